The number of nitrogens with one attached hydrogen (secondary N) is 2. The van der Waals surface area contributed by atoms with Crippen LogP contribution in [0.25, 0.3) is 0 Å². The van der Waals surface area contributed by atoms with E-state index in [0.29, 0.717) is 19.7 Å². The number of rotatable bonds is 7. The molecule has 0 aromatic heterocycles. The van der Waals surface area contributed by atoms with Gasteiger partial charge in [0.2, 0.25) is 0 Å². The third-order valence-corrected chi connectivity index (χ3v) is 4.44. The van der Waals surface area contributed by atoms with Crippen LogP contribution < -0.4 is 15.4 Å². The van der Waals surface area contributed by atoms with Gasteiger partial charge in [-0.2, -0.15) is 0 Å². The maximum atomic E-state index is 11.9. The molecule has 2 N–H and O–H groups in total. The Morgan fingerprint density at radius 3 is 2.41 bits per heavy atom. The van der Waals surface area contributed by atoms with Crippen LogP contribution >= 0.6 is 0 Å². The number of carbonyl (C=O) groups is 1. The summed E-state index contributed by atoms with van der Waals surface area (Å²) < 4.78 is 10.2. The van der Waals surface area contributed by atoms with Crippen LogP contribution in [0.4, 0.5) is 4.79 Å². The molecule has 0 saturated heterocycles. The van der Waals surface area contributed by atoms with Gasteiger partial charge in [-0.3, -0.25) is 0 Å². The molecule has 1 fully saturated rings. The van der Waals surface area contributed by atoms with Crippen molar-refractivity contribution in [1.29, 1.82) is 0 Å². The van der Waals surface area contributed by atoms with Crippen LogP contribution in [-0.2, 0) is 10.2 Å². The third-order valence-electron chi connectivity index (χ3n) is 4.44. The third kappa shape index (κ3) is 4.13. The molecular formula is C17H26N2O3. The van der Waals surface area contributed by atoms with Gasteiger partial charge in [0.15, 0.2) is 0 Å². The Morgan fingerprint density at radius 1 is 1.14 bits per heavy atom. The lowest BCUT2D eigenvalue weighted by atomic mass is 9.79. The zero-order chi connectivity index (χ0) is 15.8. The van der Waals surface area contributed by atoms with Gasteiger partial charge < -0.3 is 20.1 Å². The van der Waals surface area contributed by atoms with E-state index in [1.807, 2.05) is 12.1 Å². The van der Waals surface area contributed by atoms with Crippen molar-refractivity contribution in [1.82, 2.24) is 10.6 Å². The predicted molar refractivity (Wildman–Crippen MR) is 86.4 cm³/mol. The van der Waals surface area contributed by atoms with Crippen molar-refractivity contribution >= 4 is 6.03 Å². The van der Waals surface area contributed by atoms with Crippen molar-refractivity contribution in [2.45, 2.75) is 31.1 Å². The number of carbonyl (C=O) groups excluding carboxylic acids is 1. The topological polar surface area (TPSA) is 59.6 Å². The molecule has 122 valence electrons. The van der Waals surface area contributed by atoms with Gasteiger partial charge in [0.25, 0.3) is 0 Å². The number of benzene rings is 1. The van der Waals surface area contributed by atoms with Gasteiger partial charge in [-0.1, -0.05) is 25.0 Å². The molecule has 1 aromatic carbocycles. The first-order valence-electron chi connectivity index (χ1n) is 7.85. The fraction of sp³-hybridized carbons (Fsp3) is 0.588. The van der Waals surface area contributed by atoms with Crippen LogP contribution in [0.1, 0.15) is 31.2 Å². The molecule has 1 aliphatic carbocycles. The highest BCUT2D eigenvalue weighted by Crippen LogP contribution is 2.41. The number of urea groups is 1. The van der Waals surface area contributed by atoms with Gasteiger partial charge in [-0.15, -0.1) is 0 Å². The van der Waals surface area contributed by atoms with Crippen molar-refractivity contribution in [3.8, 4) is 5.75 Å². The first-order valence-corrected chi connectivity index (χ1v) is 7.85. The summed E-state index contributed by atoms with van der Waals surface area (Å²) in [4.78, 5) is 11.9. The largest absolute Gasteiger partial charge is 0.497 e. The Kier molecular flexibility index (Phi) is 6.07. The number of hydrogen-bond donors (Lipinski definition) is 2. The van der Waals surface area contributed by atoms with Gasteiger partial charge in [0, 0.05) is 25.6 Å². The first kappa shape index (κ1) is 16.6. The van der Waals surface area contributed by atoms with Crippen LogP contribution in [0.2, 0.25) is 0 Å². The SMILES string of the molecule is COCCNC(=O)NCC1(c2ccc(OC)cc2)CCCC1. The standard InChI is InChI=1S/C17H26N2O3/c1-21-12-11-18-16(20)19-13-17(9-3-4-10-17)14-5-7-15(22-2)8-6-14/h5-8H,3-4,9-13H2,1-2H3,(H2,18,19,20). The number of amides is 2. The lowest BCUT2D eigenvalue weighted by Crippen LogP contribution is -2.44. The van der Waals surface area contributed by atoms with E-state index >= 15 is 0 Å². The van der Waals surface area contributed by atoms with Crippen LogP contribution in [0.15, 0.2) is 24.3 Å². The highest BCUT2D eigenvalue weighted by atomic mass is 16.5. The average Bonchev–Trinajstić information content (AvgIpc) is 3.03. The van der Waals surface area contributed by atoms with Crippen molar-refractivity contribution < 1.29 is 14.3 Å². The maximum Gasteiger partial charge on any atom is 0.314 e. The fourth-order valence-corrected chi connectivity index (χ4v) is 3.14. The Bertz CT molecular complexity index is 467. The second kappa shape index (κ2) is 8.03. The molecule has 0 bridgehead atoms. The van der Waals surface area contributed by atoms with E-state index < -0.39 is 0 Å². The molecule has 1 aromatic rings. The quantitative estimate of drug-likeness (QED) is 0.761. The van der Waals surface area contributed by atoms with E-state index in [-0.39, 0.29) is 11.4 Å². The van der Waals surface area contributed by atoms with Gasteiger partial charge in [0.05, 0.1) is 13.7 Å². The van der Waals surface area contributed by atoms with E-state index in [0.717, 1.165) is 18.6 Å². The summed E-state index contributed by atoms with van der Waals surface area (Å²) in [5, 5.41) is 5.81. The highest BCUT2D eigenvalue weighted by Gasteiger charge is 2.35. The van der Waals surface area contributed by atoms with E-state index in [1.54, 1.807) is 14.2 Å². The summed E-state index contributed by atoms with van der Waals surface area (Å²) in [7, 11) is 3.29. The molecule has 0 spiro atoms. The molecule has 0 atom stereocenters. The van der Waals surface area contributed by atoms with Crippen molar-refractivity contribution in [2.75, 3.05) is 33.9 Å². The summed E-state index contributed by atoms with van der Waals surface area (Å²) in [6, 6.07) is 8.10. The van der Waals surface area contributed by atoms with Gasteiger partial charge in [0.1, 0.15) is 5.75 Å². The van der Waals surface area contributed by atoms with Crippen LogP contribution in [0, 0.1) is 0 Å². The van der Waals surface area contributed by atoms with Crippen LogP contribution in [0.5, 0.6) is 5.75 Å². The lowest BCUT2D eigenvalue weighted by Gasteiger charge is -2.30. The molecule has 0 radical (unpaired) electrons. The summed E-state index contributed by atoms with van der Waals surface area (Å²) in [6.45, 7) is 1.72. The Hall–Kier alpha value is -1.75. The molecule has 0 aliphatic heterocycles. The fourth-order valence-electron chi connectivity index (χ4n) is 3.14. The maximum absolute atomic E-state index is 11.9. The van der Waals surface area contributed by atoms with Gasteiger partial charge in [-0.25, -0.2) is 4.79 Å². The van der Waals surface area contributed by atoms with Crippen molar-refractivity contribution in [2.24, 2.45) is 0 Å². The molecule has 2 rings (SSSR count). The van der Waals surface area contributed by atoms with Crippen LogP contribution in [0.3, 0.4) is 0 Å². The molecule has 5 heteroatoms. The zero-order valence-electron chi connectivity index (χ0n) is 13.5. The second-order valence-corrected chi connectivity index (χ2v) is 5.82. The number of methoxy groups -OCH3 is 2. The van der Waals surface area contributed by atoms with E-state index in [4.69, 9.17) is 9.47 Å². The van der Waals surface area contributed by atoms with E-state index in [2.05, 4.69) is 22.8 Å². The normalized spacial score (nSPS) is 16.3. The van der Waals surface area contributed by atoms with Crippen molar-refractivity contribution in [3.63, 3.8) is 0 Å². The summed E-state index contributed by atoms with van der Waals surface area (Å²) in [5.41, 5.74) is 1.33. The van der Waals surface area contributed by atoms with Gasteiger partial charge >= 0.3 is 6.03 Å². The minimum atomic E-state index is -0.128. The summed E-state index contributed by atoms with van der Waals surface area (Å²) >= 11 is 0. The first-order chi connectivity index (χ1) is 10.7. The zero-order valence-corrected chi connectivity index (χ0v) is 13.5. The predicted octanol–water partition coefficient (Wildman–Crippen LogP) is 2.45. The van der Waals surface area contributed by atoms with E-state index in [9.17, 15) is 4.79 Å². The van der Waals surface area contributed by atoms with Gasteiger partial charge in [-0.05, 0) is 30.5 Å². The number of hydrogen-bond acceptors (Lipinski definition) is 3. The molecule has 5 nitrogen and oxygen atoms in total. The molecule has 0 heterocycles. The number of ether oxygens (including phenoxy) is 2. The summed E-state index contributed by atoms with van der Waals surface area (Å²) in [5.74, 6) is 0.863. The summed E-state index contributed by atoms with van der Waals surface area (Å²) in [6.07, 6.45) is 4.63. The minimum absolute atomic E-state index is 0.0465. The van der Waals surface area contributed by atoms with Crippen LogP contribution in [-0.4, -0.2) is 39.9 Å². The molecule has 1 aliphatic rings. The van der Waals surface area contributed by atoms with E-state index in [1.165, 1.54) is 18.4 Å². The second-order valence-electron chi connectivity index (χ2n) is 5.82. The lowest BCUT2D eigenvalue weighted by molar-refractivity contribution is 0.195. The minimum Gasteiger partial charge on any atom is -0.497 e. The average molecular weight is 306 g/mol. The Labute approximate surface area is 132 Å². The molecule has 2 amide bonds. The molecular weight excluding hydrogens is 280 g/mol. The molecule has 1 saturated carbocycles. The Morgan fingerprint density at radius 2 is 1.82 bits per heavy atom. The van der Waals surface area contributed by atoms with Crippen molar-refractivity contribution in [3.05, 3.63) is 29.8 Å². The monoisotopic (exact) mass is 306 g/mol. The smallest absolute Gasteiger partial charge is 0.314 e. The molecule has 0 unspecified atom stereocenters. The molecule has 22 heavy (non-hydrogen) atoms. The highest BCUT2D eigenvalue weighted by molar-refractivity contribution is 5.74. The Balaban J connectivity index is 1.97.